The highest BCUT2D eigenvalue weighted by atomic mass is 16.2. The largest absolute Gasteiger partial charge is 0.370 e. The topological polar surface area (TPSA) is 126 Å². The number of nitrogens with two attached hydrogens (primary N) is 2. The number of aliphatic imine (C=N–C) groups is 1. The number of nitrogens with zero attached hydrogens (tertiary/aromatic N) is 5. The smallest absolute Gasteiger partial charge is 0.291 e. The zero-order valence-corrected chi connectivity index (χ0v) is 20.7. The monoisotopic (exact) mass is 486 g/mol. The number of guanidine groups is 1. The van der Waals surface area contributed by atoms with Gasteiger partial charge in [0.05, 0.1) is 17.6 Å². The van der Waals surface area contributed by atoms with Crippen LogP contribution in [-0.4, -0.2) is 65.0 Å². The molecular weight excluding hydrogens is 452 g/mol. The lowest BCUT2D eigenvalue weighted by Crippen LogP contribution is -2.49. The van der Waals surface area contributed by atoms with E-state index in [-0.39, 0.29) is 29.8 Å². The van der Waals surface area contributed by atoms with Crippen molar-refractivity contribution < 1.29 is 4.79 Å². The van der Waals surface area contributed by atoms with Gasteiger partial charge in [-0.1, -0.05) is 42.7 Å². The fraction of sp³-hybridized carbons (Fsp3) is 0.407. The predicted octanol–water partition coefficient (Wildman–Crippen LogP) is 2.90. The molecule has 36 heavy (non-hydrogen) atoms. The van der Waals surface area contributed by atoms with Crippen molar-refractivity contribution >= 4 is 34.3 Å². The summed E-state index contributed by atoms with van der Waals surface area (Å²) in [6.45, 7) is 4.84. The van der Waals surface area contributed by atoms with Gasteiger partial charge in [0.25, 0.3) is 5.91 Å². The van der Waals surface area contributed by atoms with Crippen LogP contribution < -0.4 is 21.7 Å². The van der Waals surface area contributed by atoms with Crippen LogP contribution in [0.25, 0.3) is 10.9 Å². The fourth-order valence-electron chi connectivity index (χ4n) is 5.20. The number of nitrogens with one attached hydrogen (secondary N) is 1. The van der Waals surface area contributed by atoms with Gasteiger partial charge in [0.1, 0.15) is 5.82 Å². The van der Waals surface area contributed by atoms with Crippen LogP contribution in [0.2, 0.25) is 0 Å². The lowest BCUT2D eigenvalue weighted by molar-refractivity contribution is 0.0735. The van der Waals surface area contributed by atoms with Crippen molar-refractivity contribution in [3.63, 3.8) is 0 Å². The van der Waals surface area contributed by atoms with E-state index in [0.29, 0.717) is 18.9 Å². The zero-order valence-electron chi connectivity index (χ0n) is 20.7. The molecule has 2 aromatic carbocycles. The second-order valence-electron chi connectivity index (χ2n) is 9.69. The van der Waals surface area contributed by atoms with Crippen LogP contribution in [0.15, 0.2) is 53.5 Å². The lowest BCUT2D eigenvalue weighted by Gasteiger charge is -2.36. The van der Waals surface area contributed by atoms with Gasteiger partial charge in [-0.3, -0.25) is 4.79 Å². The fourth-order valence-corrected chi connectivity index (χ4v) is 5.20. The molecule has 0 bridgehead atoms. The van der Waals surface area contributed by atoms with E-state index in [2.05, 4.69) is 38.4 Å². The van der Waals surface area contributed by atoms with Crippen LogP contribution in [0.5, 0.6) is 0 Å². The maximum Gasteiger partial charge on any atom is 0.291 e. The second-order valence-corrected chi connectivity index (χ2v) is 9.69. The van der Waals surface area contributed by atoms with E-state index in [1.807, 2.05) is 42.2 Å². The Morgan fingerprint density at radius 2 is 1.75 bits per heavy atom. The van der Waals surface area contributed by atoms with Crippen molar-refractivity contribution in [2.45, 2.75) is 44.7 Å². The molecule has 1 saturated heterocycles. The number of rotatable bonds is 5. The summed E-state index contributed by atoms with van der Waals surface area (Å²) in [7, 11) is 0. The third kappa shape index (κ3) is 5.19. The highest BCUT2D eigenvalue weighted by molar-refractivity contribution is 5.97. The molecule has 2 aliphatic rings. The molecule has 9 nitrogen and oxygen atoms in total. The summed E-state index contributed by atoms with van der Waals surface area (Å²) in [5.74, 6) is 0.842. The van der Waals surface area contributed by atoms with Crippen LogP contribution >= 0.6 is 0 Å². The number of carbonyl (C=O) groups is 1. The standard InChI is InChI=1S/C27H34N8O/c1-18-11-12-21-20(17-18)24(31-22-9-5-6-10-23(22)32-27(28)29)33-25(30-21)26(36)35-15-13-34(14-16-35)19-7-3-2-4-8-19/h2-4,7-8,11-12,17,22-23H,5-6,9-10,13-16H2,1H3,(H4,28,29,32)(H,30,31,33). The number of aromatic nitrogens is 2. The molecule has 1 amide bonds. The first kappa shape index (κ1) is 23.8. The van der Waals surface area contributed by atoms with Gasteiger partial charge in [-0.05, 0) is 44.0 Å². The van der Waals surface area contributed by atoms with Gasteiger partial charge in [-0.25, -0.2) is 15.0 Å². The highest BCUT2D eigenvalue weighted by Gasteiger charge is 2.28. The molecular formula is C27H34N8O. The Bertz CT molecular complexity index is 1250. The number of fused-ring (bicyclic) bond motifs is 1. The molecule has 5 N–H and O–H groups in total. The minimum atomic E-state index is -0.141. The number of amides is 1. The van der Waals surface area contributed by atoms with Crippen molar-refractivity contribution in [1.82, 2.24) is 14.9 Å². The van der Waals surface area contributed by atoms with Gasteiger partial charge in [0, 0.05) is 37.3 Å². The summed E-state index contributed by atoms with van der Waals surface area (Å²) >= 11 is 0. The summed E-state index contributed by atoms with van der Waals surface area (Å²) in [4.78, 5) is 31.5. The van der Waals surface area contributed by atoms with Gasteiger partial charge in [-0.15, -0.1) is 0 Å². The Morgan fingerprint density at radius 1 is 1.00 bits per heavy atom. The van der Waals surface area contributed by atoms with Gasteiger partial charge < -0.3 is 26.6 Å². The van der Waals surface area contributed by atoms with Crippen LogP contribution in [-0.2, 0) is 0 Å². The van der Waals surface area contributed by atoms with Gasteiger partial charge in [0.2, 0.25) is 5.82 Å². The average molecular weight is 487 g/mol. The maximum absolute atomic E-state index is 13.5. The van der Waals surface area contributed by atoms with Crippen molar-refractivity contribution in [3.8, 4) is 0 Å². The normalized spacial score (nSPS) is 20.2. The van der Waals surface area contributed by atoms with E-state index in [0.717, 1.165) is 55.2 Å². The summed E-state index contributed by atoms with van der Waals surface area (Å²) in [5.41, 5.74) is 14.4. The Kier molecular flexibility index (Phi) is 6.88. The summed E-state index contributed by atoms with van der Waals surface area (Å²) in [6.07, 6.45) is 4.02. The SMILES string of the molecule is Cc1ccc2nc(C(=O)N3CCN(c4ccccc4)CC3)nc(NC3CCCCC3N=C(N)N)c2c1. The minimum Gasteiger partial charge on any atom is -0.370 e. The third-order valence-electron chi connectivity index (χ3n) is 7.10. The van der Waals surface area contributed by atoms with Crippen LogP contribution in [0.4, 0.5) is 11.5 Å². The molecule has 1 saturated carbocycles. The predicted molar refractivity (Wildman–Crippen MR) is 144 cm³/mol. The van der Waals surface area contributed by atoms with Gasteiger partial charge in [0.15, 0.2) is 5.96 Å². The molecule has 0 spiro atoms. The molecule has 9 heteroatoms. The van der Waals surface area contributed by atoms with E-state index >= 15 is 0 Å². The third-order valence-corrected chi connectivity index (χ3v) is 7.10. The van der Waals surface area contributed by atoms with Crippen molar-refractivity contribution in [1.29, 1.82) is 0 Å². The molecule has 2 heterocycles. The van der Waals surface area contributed by atoms with Crippen LogP contribution in [0.3, 0.4) is 0 Å². The summed E-state index contributed by atoms with van der Waals surface area (Å²) in [5, 5.41) is 4.48. The van der Waals surface area contributed by atoms with E-state index in [1.165, 1.54) is 5.69 Å². The van der Waals surface area contributed by atoms with Crippen molar-refractivity contribution in [3.05, 3.63) is 59.9 Å². The molecule has 2 fully saturated rings. The van der Waals surface area contributed by atoms with E-state index < -0.39 is 0 Å². The quantitative estimate of drug-likeness (QED) is 0.374. The molecule has 2 atom stereocenters. The van der Waals surface area contributed by atoms with Crippen LogP contribution in [0, 0.1) is 6.92 Å². The van der Waals surface area contributed by atoms with Gasteiger partial charge >= 0.3 is 0 Å². The molecule has 1 aromatic heterocycles. The Balaban J connectivity index is 1.40. The minimum absolute atomic E-state index is 0.0243. The van der Waals surface area contributed by atoms with Crippen LogP contribution in [0.1, 0.15) is 41.9 Å². The first-order valence-corrected chi connectivity index (χ1v) is 12.7. The van der Waals surface area contributed by atoms with Gasteiger partial charge in [-0.2, -0.15) is 0 Å². The second kappa shape index (κ2) is 10.4. The molecule has 0 radical (unpaired) electrons. The lowest BCUT2D eigenvalue weighted by atomic mass is 9.90. The molecule has 188 valence electrons. The number of aryl methyl sites for hydroxylation is 1. The number of benzene rings is 2. The zero-order chi connectivity index (χ0) is 25.1. The number of carbonyl (C=O) groups excluding carboxylic acids is 1. The Labute approximate surface area is 211 Å². The Morgan fingerprint density at radius 3 is 2.50 bits per heavy atom. The summed E-state index contributed by atoms with van der Waals surface area (Å²) in [6, 6.07) is 16.3. The van der Waals surface area contributed by atoms with E-state index in [1.54, 1.807) is 0 Å². The number of anilines is 2. The number of hydrogen-bond acceptors (Lipinski definition) is 6. The maximum atomic E-state index is 13.5. The van der Waals surface area contributed by atoms with E-state index in [9.17, 15) is 4.79 Å². The molecule has 1 aliphatic carbocycles. The number of hydrogen-bond donors (Lipinski definition) is 3. The number of para-hydroxylation sites is 1. The molecule has 2 unspecified atom stereocenters. The molecule has 5 rings (SSSR count). The average Bonchev–Trinajstić information content (AvgIpc) is 2.90. The van der Waals surface area contributed by atoms with E-state index in [4.69, 9.17) is 16.5 Å². The highest BCUT2D eigenvalue weighted by Crippen LogP contribution is 2.28. The molecule has 3 aromatic rings. The summed E-state index contributed by atoms with van der Waals surface area (Å²) < 4.78 is 0. The van der Waals surface area contributed by atoms with Crippen molar-refractivity contribution in [2.24, 2.45) is 16.5 Å². The number of piperazine rings is 1. The Hall–Kier alpha value is -3.88. The first-order valence-electron chi connectivity index (χ1n) is 12.7. The first-order chi connectivity index (χ1) is 17.5. The molecule has 1 aliphatic heterocycles. The van der Waals surface area contributed by atoms with Crippen molar-refractivity contribution in [2.75, 3.05) is 36.4 Å².